The van der Waals surface area contributed by atoms with Gasteiger partial charge in [-0.25, -0.2) is 0 Å². The normalized spacial score (nSPS) is 36.7. The van der Waals surface area contributed by atoms with E-state index in [0.29, 0.717) is 0 Å². The average molecular weight is 129 g/mol. The summed E-state index contributed by atoms with van der Waals surface area (Å²) in [7, 11) is 0. The molecule has 0 aromatic heterocycles. The third kappa shape index (κ3) is 1.66. The van der Waals surface area contributed by atoms with Crippen molar-refractivity contribution in [3.63, 3.8) is 0 Å². The lowest BCUT2D eigenvalue weighted by molar-refractivity contribution is -0.0544. The van der Waals surface area contributed by atoms with Gasteiger partial charge >= 0.3 is 0 Å². The second-order valence-electron chi connectivity index (χ2n) is 2.83. The number of morpholine rings is 1. The van der Waals surface area contributed by atoms with Crippen LogP contribution in [0, 0.1) is 0 Å². The van der Waals surface area contributed by atoms with Crippen LogP contribution in [0.25, 0.3) is 0 Å². The highest BCUT2D eigenvalue weighted by Crippen LogP contribution is 2.15. The van der Waals surface area contributed by atoms with Gasteiger partial charge in [-0.1, -0.05) is 6.92 Å². The minimum Gasteiger partial charge on any atom is -0.373 e. The lowest BCUT2D eigenvalue weighted by atomic mass is 10.0. The van der Waals surface area contributed by atoms with E-state index in [1.807, 2.05) is 0 Å². The summed E-state index contributed by atoms with van der Waals surface area (Å²) < 4.78 is 5.55. The molecule has 1 rings (SSSR count). The Morgan fingerprint density at radius 1 is 1.67 bits per heavy atom. The van der Waals surface area contributed by atoms with Crippen LogP contribution < -0.4 is 5.32 Å². The van der Waals surface area contributed by atoms with Crippen LogP contribution in [-0.4, -0.2) is 25.3 Å². The predicted molar refractivity (Wildman–Crippen MR) is 37.5 cm³/mol. The van der Waals surface area contributed by atoms with Gasteiger partial charge in [-0.2, -0.15) is 0 Å². The maximum Gasteiger partial charge on any atom is 0.0776 e. The van der Waals surface area contributed by atoms with Gasteiger partial charge in [0, 0.05) is 13.1 Å². The summed E-state index contributed by atoms with van der Waals surface area (Å²) in [5, 5.41) is 3.30. The molecule has 0 aromatic rings. The molecule has 0 radical (unpaired) electrons. The van der Waals surface area contributed by atoms with Crippen molar-refractivity contribution in [2.75, 3.05) is 19.7 Å². The van der Waals surface area contributed by atoms with Gasteiger partial charge in [0.05, 0.1) is 12.2 Å². The molecular weight excluding hydrogens is 114 g/mol. The van der Waals surface area contributed by atoms with E-state index in [1.54, 1.807) is 0 Å². The molecule has 1 aliphatic rings. The van der Waals surface area contributed by atoms with Crippen molar-refractivity contribution < 1.29 is 4.74 Å². The van der Waals surface area contributed by atoms with Gasteiger partial charge in [0.1, 0.15) is 0 Å². The molecule has 1 fully saturated rings. The second-order valence-corrected chi connectivity index (χ2v) is 2.83. The Kier molecular flexibility index (Phi) is 2.09. The monoisotopic (exact) mass is 129 g/mol. The maximum atomic E-state index is 5.55. The Morgan fingerprint density at radius 2 is 2.44 bits per heavy atom. The van der Waals surface area contributed by atoms with Crippen molar-refractivity contribution in [2.45, 2.75) is 25.9 Å². The lowest BCUT2D eigenvalue weighted by Gasteiger charge is -2.33. The van der Waals surface area contributed by atoms with Crippen molar-refractivity contribution in [1.82, 2.24) is 5.32 Å². The summed E-state index contributed by atoms with van der Waals surface area (Å²) in [6.07, 6.45) is 1.10. The fourth-order valence-electron chi connectivity index (χ4n) is 1.00. The van der Waals surface area contributed by atoms with Crippen LogP contribution in [0.4, 0.5) is 0 Å². The molecule has 1 N–H and O–H groups in total. The standard InChI is InChI=1S/C7H15NO/c1-3-7(2)6-8-4-5-9-7/h8H,3-6H2,1-2H3/t7-/m1/s1. The summed E-state index contributed by atoms with van der Waals surface area (Å²) in [5.41, 5.74) is 0.109. The van der Waals surface area contributed by atoms with Gasteiger partial charge in [-0.05, 0) is 13.3 Å². The summed E-state index contributed by atoms with van der Waals surface area (Å²) in [4.78, 5) is 0. The van der Waals surface area contributed by atoms with E-state index in [4.69, 9.17) is 4.74 Å². The Balaban J connectivity index is 2.37. The van der Waals surface area contributed by atoms with Crippen molar-refractivity contribution >= 4 is 0 Å². The van der Waals surface area contributed by atoms with E-state index in [-0.39, 0.29) is 5.60 Å². The molecule has 54 valence electrons. The molecule has 1 atom stereocenters. The fourth-order valence-corrected chi connectivity index (χ4v) is 1.00. The Labute approximate surface area is 56.6 Å². The van der Waals surface area contributed by atoms with Gasteiger partial charge in [-0.3, -0.25) is 0 Å². The van der Waals surface area contributed by atoms with Gasteiger partial charge in [0.25, 0.3) is 0 Å². The Hall–Kier alpha value is -0.0800. The summed E-state index contributed by atoms with van der Waals surface area (Å²) in [6, 6.07) is 0. The van der Waals surface area contributed by atoms with Gasteiger partial charge in [-0.15, -0.1) is 0 Å². The molecule has 1 heterocycles. The van der Waals surface area contributed by atoms with Crippen LogP contribution in [0.3, 0.4) is 0 Å². The smallest absolute Gasteiger partial charge is 0.0776 e. The minimum atomic E-state index is 0.109. The topological polar surface area (TPSA) is 21.3 Å². The van der Waals surface area contributed by atoms with E-state index in [2.05, 4.69) is 19.2 Å². The average Bonchev–Trinajstić information content (AvgIpc) is 1.90. The van der Waals surface area contributed by atoms with E-state index in [0.717, 1.165) is 26.1 Å². The molecule has 2 heteroatoms. The molecule has 1 aliphatic heterocycles. The molecule has 2 nitrogen and oxygen atoms in total. The van der Waals surface area contributed by atoms with Gasteiger partial charge in [0.2, 0.25) is 0 Å². The van der Waals surface area contributed by atoms with Gasteiger partial charge < -0.3 is 10.1 Å². The summed E-state index contributed by atoms with van der Waals surface area (Å²) in [6.45, 7) is 7.19. The van der Waals surface area contributed by atoms with Crippen LogP contribution in [0.1, 0.15) is 20.3 Å². The first-order valence-electron chi connectivity index (χ1n) is 3.61. The third-order valence-electron chi connectivity index (χ3n) is 1.98. The lowest BCUT2D eigenvalue weighted by Crippen LogP contribution is -2.47. The fraction of sp³-hybridized carbons (Fsp3) is 1.00. The minimum absolute atomic E-state index is 0.109. The van der Waals surface area contributed by atoms with Crippen LogP contribution in [-0.2, 0) is 4.74 Å². The van der Waals surface area contributed by atoms with Crippen molar-refractivity contribution in [2.24, 2.45) is 0 Å². The van der Waals surface area contributed by atoms with Crippen molar-refractivity contribution in [3.05, 3.63) is 0 Å². The highest BCUT2D eigenvalue weighted by Gasteiger charge is 2.24. The van der Waals surface area contributed by atoms with Crippen molar-refractivity contribution in [1.29, 1.82) is 0 Å². The second kappa shape index (κ2) is 2.67. The maximum absolute atomic E-state index is 5.55. The largest absolute Gasteiger partial charge is 0.373 e. The number of rotatable bonds is 1. The number of hydrogen-bond donors (Lipinski definition) is 1. The Morgan fingerprint density at radius 3 is 2.78 bits per heavy atom. The highest BCUT2D eigenvalue weighted by molar-refractivity contribution is 4.79. The van der Waals surface area contributed by atoms with E-state index < -0.39 is 0 Å². The van der Waals surface area contributed by atoms with E-state index in [9.17, 15) is 0 Å². The molecule has 9 heavy (non-hydrogen) atoms. The van der Waals surface area contributed by atoms with Crippen LogP contribution in [0.5, 0.6) is 0 Å². The van der Waals surface area contributed by atoms with Gasteiger partial charge in [0.15, 0.2) is 0 Å². The molecule has 0 aromatic carbocycles. The summed E-state index contributed by atoms with van der Waals surface area (Å²) in [5.74, 6) is 0. The van der Waals surface area contributed by atoms with Crippen LogP contribution >= 0.6 is 0 Å². The zero-order valence-corrected chi connectivity index (χ0v) is 6.24. The quantitative estimate of drug-likeness (QED) is 0.564. The molecule has 0 saturated carbocycles. The molecule has 0 amide bonds. The van der Waals surface area contributed by atoms with Crippen molar-refractivity contribution in [3.8, 4) is 0 Å². The first kappa shape index (κ1) is 7.03. The molecule has 0 bridgehead atoms. The molecule has 0 spiro atoms. The van der Waals surface area contributed by atoms with E-state index in [1.165, 1.54) is 0 Å². The van der Waals surface area contributed by atoms with Crippen LogP contribution in [0.2, 0.25) is 0 Å². The SMILES string of the molecule is CC[C@]1(C)CNCCO1. The van der Waals surface area contributed by atoms with Crippen LogP contribution in [0.15, 0.2) is 0 Å². The molecule has 0 aliphatic carbocycles. The molecular formula is C7H15NO. The number of hydrogen-bond acceptors (Lipinski definition) is 2. The zero-order valence-electron chi connectivity index (χ0n) is 6.24. The first-order chi connectivity index (χ1) is 4.27. The number of nitrogens with one attached hydrogen (secondary N) is 1. The highest BCUT2D eigenvalue weighted by atomic mass is 16.5. The van der Waals surface area contributed by atoms with E-state index >= 15 is 0 Å². The third-order valence-corrected chi connectivity index (χ3v) is 1.98. The molecule has 0 unspecified atom stereocenters. The number of ether oxygens (including phenoxy) is 1. The molecule has 1 saturated heterocycles. The Bertz CT molecular complexity index is 86.9. The zero-order chi connectivity index (χ0) is 6.74. The predicted octanol–water partition coefficient (Wildman–Crippen LogP) is 0.775. The first-order valence-corrected chi connectivity index (χ1v) is 3.61. The summed E-state index contributed by atoms with van der Waals surface area (Å²) >= 11 is 0.